The maximum Gasteiger partial charge on any atom is 0.310 e. The highest BCUT2D eigenvalue weighted by molar-refractivity contribution is 6.33. The minimum atomic E-state index is -0.645. The third kappa shape index (κ3) is 4.96. The van der Waals surface area contributed by atoms with E-state index < -0.39 is 24.3 Å². The highest BCUT2D eigenvalue weighted by Gasteiger charge is 2.11. The van der Waals surface area contributed by atoms with Crippen molar-refractivity contribution in [3.63, 3.8) is 0 Å². The van der Waals surface area contributed by atoms with Crippen LogP contribution >= 0.6 is 11.6 Å². The largest absolute Gasteiger partial charge is 0.494 e. The van der Waals surface area contributed by atoms with Gasteiger partial charge in [-0.3, -0.25) is 9.59 Å². The standard InChI is InChI=1S/C17H15ClFNO4/c1-23-15-7-6-11(8-13(15)19)9-17(22)24-10-16(21)20-14-5-3-2-4-12(14)18/h2-8H,9-10H2,1H3,(H,20,21). The number of hydrogen-bond acceptors (Lipinski definition) is 4. The van der Waals surface area contributed by atoms with Crippen LogP contribution < -0.4 is 10.1 Å². The van der Waals surface area contributed by atoms with Crippen LogP contribution in [-0.2, 0) is 20.7 Å². The van der Waals surface area contributed by atoms with E-state index in [9.17, 15) is 14.0 Å². The molecule has 1 N–H and O–H groups in total. The van der Waals surface area contributed by atoms with Gasteiger partial charge in [0.15, 0.2) is 18.2 Å². The van der Waals surface area contributed by atoms with Crippen molar-refractivity contribution in [2.45, 2.75) is 6.42 Å². The number of ether oxygens (including phenoxy) is 2. The summed E-state index contributed by atoms with van der Waals surface area (Å²) in [6.45, 7) is -0.456. The number of nitrogens with one attached hydrogen (secondary N) is 1. The number of carbonyl (C=O) groups excluding carboxylic acids is 2. The van der Waals surface area contributed by atoms with E-state index in [0.717, 1.165) is 0 Å². The van der Waals surface area contributed by atoms with Crippen molar-refractivity contribution in [1.82, 2.24) is 0 Å². The zero-order chi connectivity index (χ0) is 17.5. The third-order valence-corrected chi connectivity index (χ3v) is 3.41. The van der Waals surface area contributed by atoms with E-state index in [2.05, 4.69) is 5.32 Å². The molecule has 0 bridgehead atoms. The minimum Gasteiger partial charge on any atom is -0.494 e. The van der Waals surface area contributed by atoms with Gasteiger partial charge >= 0.3 is 5.97 Å². The molecule has 0 aliphatic carbocycles. The van der Waals surface area contributed by atoms with E-state index >= 15 is 0 Å². The Balaban J connectivity index is 1.83. The number of anilines is 1. The van der Waals surface area contributed by atoms with E-state index in [4.69, 9.17) is 21.1 Å². The molecule has 0 heterocycles. The Morgan fingerprint density at radius 3 is 2.62 bits per heavy atom. The van der Waals surface area contributed by atoms with Crippen molar-refractivity contribution in [2.75, 3.05) is 19.0 Å². The van der Waals surface area contributed by atoms with Gasteiger partial charge < -0.3 is 14.8 Å². The number of carbonyl (C=O) groups is 2. The summed E-state index contributed by atoms with van der Waals surface area (Å²) in [4.78, 5) is 23.5. The van der Waals surface area contributed by atoms with Crippen molar-refractivity contribution in [1.29, 1.82) is 0 Å². The second kappa shape index (κ2) is 8.31. The number of hydrogen-bond donors (Lipinski definition) is 1. The van der Waals surface area contributed by atoms with Gasteiger partial charge in [-0.2, -0.15) is 0 Å². The lowest BCUT2D eigenvalue weighted by Gasteiger charge is -2.08. The van der Waals surface area contributed by atoms with Crippen LogP contribution in [0.15, 0.2) is 42.5 Å². The fourth-order valence-corrected chi connectivity index (χ4v) is 2.12. The molecule has 2 aromatic carbocycles. The molecule has 7 heteroatoms. The Labute approximate surface area is 143 Å². The Morgan fingerprint density at radius 1 is 1.21 bits per heavy atom. The molecule has 0 fully saturated rings. The molecule has 0 aromatic heterocycles. The van der Waals surface area contributed by atoms with Gasteiger partial charge in [-0.25, -0.2) is 4.39 Å². The molecular formula is C17H15ClFNO4. The average Bonchev–Trinajstić information content (AvgIpc) is 2.55. The number of amides is 1. The molecule has 24 heavy (non-hydrogen) atoms. The lowest BCUT2D eigenvalue weighted by molar-refractivity contribution is -0.146. The molecule has 0 atom stereocenters. The molecule has 0 radical (unpaired) electrons. The minimum absolute atomic E-state index is 0.0891. The first kappa shape index (κ1) is 17.7. The van der Waals surface area contributed by atoms with Gasteiger partial charge in [0, 0.05) is 0 Å². The molecule has 5 nitrogen and oxygen atoms in total. The molecule has 126 valence electrons. The van der Waals surface area contributed by atoms with Crippen LogP contribution in [0, 0.1) is 5.82 Å². The van der Waals surface area contributed by atoms with Crippen LogP contribution in [-0.4, -0.2) is 25.6 Å². The average molecular weight is 352 g/mol. The molecule has 1 amide bonds. The summed E-state index contributed by atoms with van der Waals surface area (Å²) >= 11 is 5.91. The smallest absolute Gasteiger partial charge is 0.310 e. The number of rotatable bonds is 6. The normalized spacial score (nSPS) is 10.1. The highest BCUT2D eigenvalue weighted by Crippen LogP contribution is 2.20. The van der Waals surface area contributed by atoms with Crippen molar-refractivity contribution < 1.29 is 23.5 Å². The summed E-state index contributed by atoms with van der Waals surface area (Å²) in [5.74, 6) is -1.64. The van der Waals surface area contributed by atoms with Gasteiger partial charge in [0.05, 0.1) is 24.2 Å². The zero-order valence-electron chi connectivity index (χ0n) is 12.8. The van der Waals surface area contributed by atoms with Gasteiger partial charge in [0.25, 0.3) is 5.91 Å². The van der Waals surface area contributed by atoms with Crippen LogP contribution in [0.3, 0.4) is 0 Å². The van der Waals surface area contributed by atoms with Crippen molar-refractivity contribution in [2.24, 2.45) is 0 Å². The number of halogens is 2. The number of esters is 1. The highest BCUT2D eigenvalue weighted by atomic mass is 35.5. The molecule has 0 saturated heterocycles. The molecule has 0 aliphatic rings. The monoisotopic (exact) mass is 351 g/mol. The summed E-state index contributed by atoms with van der Waals surface area (Å²) in [5.41, 5.74) is 0.849. The van der Waals surface area contributed by atoms with Crippen LogP contribution in [0.2, 0.25) is 5.02 Å². The maximum absolute atomic E-state index is 13.5. The van der Waals surface area contributed by atoms with Gasteiger partial charge in [-0.05, 0) is 29.8 Å². The summed E-state index contributed by atoms with van der Waals surface area (Å²) in [5, 5.41) is 2.91. The lowest BCUT2D eigenvalue weighted by Crippen LogP contribution is -2.21. The van der Waals surface area contributed by atoms with Crippen LogP contribution in [0.5, 0.6) is 5.75 Å². The van der Waals surface area contributed by atoms with Crippen molar-refractivity contribution >= 4 is 29.2 Å². The molecule has 0 saturated carbocycles. The molecule has 0 unspecified atom stereocenters. The fourth-order valence-electron chi connectivity index (χ4n) is 1.93. The van der Waals surface area contributed by atoms with Gasteiger partial charge in [0.1, 0.15) is 0 Å². The van der Waals surface area contributed by atoms with Crippen molar-refractivity contribution in [3.8, 4) is 5.75 Å². The van der Waals surface area contributed by atoms with Crippen LogP contribution in [0.25, 0.3) is 0 Å². The van der Waals surface area contributed by atoms with E-state index in [1.165, 1.54) is 19.2 Å². The van der Waals surface area contributed by atoms with Crippen molar-refractivity contribution in [3.05, 3.63) is 58.9 Å². The second-order valence-electron chi connectivity index (χ2n) is 4.83. The SMILES string of the molecule is COc1ccc(CC(=O)OCC(=O)Nc2ccccc2Cl)cc1F. The summed E-state index contributed by atoms with van der Waals surface area (Å²) in [6, 6.07) is 10.8. The van der Waals surface area contributed by atoms with Crippen LogP contribution in [0.4, 0.5) is 10.1 Å². The van der Waals surface area contributed by atoms with E-state index in [1.807, 2.05) is 0 Å². The van der Waals surface area contributed by atoms with Gasteiger partial charge in [-0.15, -0.1) is 0 Å². The van der Waals surface area contributed by atoms with Gasteiger partial charge in [-0.1, -0.05) is 29.8 Å². The topological polar surface area (TPSA) is 64.6 Å². The Kier molecular flexibility index (Phi) is 6.14. The summed E-state index contributed by atoms with van der Waals surface area (Å²) in [6.07, 6.45) is -0.152. The predicted octanol–water partition coefficient (Wildman–Crippen LogP) is 3.21. The first-order valence-corrected chi connectivity index (χ1v) is 7.40. The maximum atomic E-state index is 13.5. The predicted molar refractivity (Wildman–Crippen MR) is 87.7 cm³/mol. The Morgan fingerprint density at radius 2 is 1.96 bits per heavy atom. The van der Waals surface area contributed by atoms with E-state index in [1.54, 1.807) is 30.3 Å². The molecular weight excluding hydrogens is 337 g/mol. The first-order chi connectivity index (χ1) is 11.5. The number of para-hydroxylation sites is 1. The fraction of sp³-hybridized carbons (Fsp3) is 0.176. The molecule has 2 rings (SSSR count). The van der Waals surface area contributed by atoms with E-state index in [0.29, 0.717) is 16.3 Å². The van der Waals surface area contributed by atoms with Gasteiger partial charge in [0.2, 0.25) is 0 Å². The summed E-state index contributed by atoms with van der Waals surface area (Å²) < 4.78 is 23.2. The van der Waals surface area contributed by atoms with E-state index in [-0.39, 0.29) is 12.2 Å². The third-order valence-electron chi connectivity index (χ3n) is 3.08. The summed E-state index contributed by atoms with van der Waals surface area (Å²) in [7, 11) is 1.35. The second-order valence-corrected chi connectivity index (χ2v) is 5.24. The number of benzene rings is 2. The van der Waals surface area contributed by atoms with Crippen LogP contribution in [0.1, 0.15) is 5.56 Å². The Hall–Kier alpha value is -2.60. The lowest BCUT2D eigenvalue weighted by atomic mass is 10.1. The quantitative estimate of drug-likeness (QED) is 0.812. The molecule has 2 aromatic rings. The Bertz CT molecular complexity index is 751. The number of methoxy groups -OCH3 is 1. The first-order valence-electron chi connectivity index (χ1n) is 7.02. The molecule has 0 spiro atoms. The molecule has 0 aliphatic heterocycles. The zero-order valence-corrected chi connectivity index (χ0v) is 13.6.